The predicted octanol–water partition coefficient (Wildman–Crippen LogP) is 4.71. The van der Waals surface area contributed by atoms with E-state index in [0.717, 1.165) is 18.5 Å². The minimum absolute atomic E-state index is 0.158. The van der Waals surface area contributed by atoms with Gasteiger partial charge in [0.25, 0.3) is 0 Å². The second kappa shape index (κ2) is 6.51. The SMILES string of the molecule is CCNC(Cc1ccc(F)cc1C)c1cc(C)c(C)s1. The van der Waals surface area contributed by atoms with Crippen molar-refractivity contribution in [1.29, 1.82) is 0 Å². The lowest BCUT2D eigenvalue weighted by Gasteiger charge is -2.18. The summed E-state index contributed by atoms with van der Waals surface area (Å²) in [4.78, 5) is 2.74. The van der Waals surface area contributed by atoms with Gasteiger partial charge in [-0.3, -0.25) is 0 Å². The van der Waals surface area contributed by atoms with Crippen LogP contribution in [0.4, 0.5) is 4.39 Å². The first-order valence-electron chi connectivity index (χ1n) is 7.06. The fraction of sp³-hybridized carbons (Fsp3) is 0.412. The van der Waals surface area contributed by atoms with E-state index in [4.69, 9.17) is 0 Å². The smallest absolute Gasteiger partial charge is 0.123 e. The van der Waals surface area contributed by atoms with Gasteiger partial charge in [0.15, 0.2) is 0 Å². The summed E-state index contributed by atoms with van der Waals surface area (Å²) in [6, 6.07) is 7.65. The monoisotopic (exact) mass is 291 g/mol. The zero-order valence-corrected chi connectivity index (χ0v) is 13.4. The van der Waals surface area contributed by atoms with Gasteiger partial charge in [-0.15, -0.1) is 11.3 Å². The van der Waals surface area contributed by atoms with E-state index in [9.17, 15) is 4.39 Å². The number of thiophene rings is 1. The third kappa shape index (κ3) is 3.47. The molecule has 1 nitrogen and oxygen atoms in total. The van der Waals surface area contributed by atoms with Crippen molar-refractivity contribution in [3.63, 3.8) is 0 Å². The van der Waals surface area contributed by atoms with Crippen LogP contribution < -0.4 is 5.32 Å². The second-order valence-electron chi connectivity index (χ2n) is 5.27. The van der Waals surface area contributed by atoms with E-state index >= 15 is 0 Å². The second-order valence-corrected chi connectivity index (χ2v) is 6.56. The van der Waals surface area contributed by atoms with Crippen LogP contribution in [0.3, 0.4) is 0 Å². The molecule has 1 heterocycles. The summed E-state index contributed by atoms with van der Waals surface area (Å²) in [6.45, 7) is 9.35. The van der Waals surface area contributed by atoms with E-state index in [2.05, 4.69) is 32.2 Å². The summed E-state index contributed by atoms with van der Waals surface area (Å²) in [5.74, 6) is -0.158. The predicted molar refractivity (Wildman–Crippen MR) is 85.1 cm³/mol. The Kier molecular flexibility index (Phi) is 4.95. The van der Waals surface area contributed by atoms with Crippen LogP contribution in [-0.2, 0) is 6.42 Å². The molecule has 0 bridgehead atoms. The van der Waals surface area contributed by atoms with E-state index < -0.39 is 0 Å². The fourth-order valence-corrected chi connectivity index (χ4v) is 3.52. The number of nitrogens with one attached hydrogen (secondary N) is 1. The van der Waals surface area contributed by atoms with Crippen molar-refractivity contribution in [3.8, 4) is 0 Å². The summed E-state index contributed by atoms with van der Waals surface area (Å²) in [5, 5.41) is 3.55. The lowest BCUT2D eigenvalue weighted by atomic mass is 9.99. The molecular formula is C17H22FNS. The van der Waals surface area contributed by atoms with Crippen molar-refractivity contribution in [2.45, 2.75) is 40.2 Å². The Morgan fingerprint density at radius 2 is 1.90 bits per heavy atom. The van der Waals surface area contributed by atoms with E-state index in [1.165, 1.54) is 20.9 Å². The van der Waals surface area contributed by atoms with Gasteiger partial charge in [-0.1, -0.05) is 13.0 Å². The maximum atomic E-state index is 13.2. The Labute approximate surface area is 124 Å². The molecule has 0 aliphatic heterocycles. The zero-order valence-electron chi connectivity index (χ0n) is 12.6. The van der Waals surface area contributed by atoms with Gasteiger partial charge in [-0.05, 0) is 68.6 Å². The van der Waals surface area contributed by atoms with Crippen molar-refractivity contribution in [2.24, 2.45) is 0 Å². The van der Waals surface area contributed by atoms with Crippen LogP contribution in [0.15, 0.2) is 24.3 Å². The van der Waals surface area contributed by atoms with Crippen LogP contribution in [0.1, 0.15) is 39.4 Å². The maximum absolute atomic E-state index is 13.2. The standard InChI is InChI=1S/C17H22FNS/c1-5-19-16(17-9-11(2)13(4)20-17)10-14-6-7-15(18)8-12(14)3/h6-9,16,19H,5,10H2,1-4H3. The Balaban J connectivity index is 2.25. The van der Waals surface area contributed by atoms with Gasteiger partial charge in [0.2, 0.25) is 0 Å². The van der Waals surface area contributed by atoms with Crippen molar-refractivity contribution >= 4 is 11.3 Å². The van der Waals surface area contributed by atoms with Crippen molar-refractivity contribution in [1.82, 2.24) is 5.32 Å². The first-order chi connectivity index (χ1) is 9.51. The number of hydrogen-bond acceptors (Lipinski definition) is 2. The molecular weight excluding hydrogens is 269 g/mol. The average Bonchev–Trinajstić information content (AvgIpc) is 2.72. The van der Waals surface area contributed by atoms with Crippen molar-refractivity contribution in [2.75, 3.05) is 6.54 Å². The van der Waals surface area contributed by atoms with Gasteiger partial charge >= 0.3 is 0 Å². The van der Waals surface area contributed by atoms with Crippen LogP contribution in [0.2, 0.25) is 0 Å². The number of halogens is 1. The fourth-order valence-electron chi connectivity index (χ4n) is 2.40. The Morgan fingerprint density at radius 1 is 1.15 bits per heavy atom. The molecule has 108 valence electrons. The highest BCUT2D eigenvalue weighted by Crippen LogP contribution is 2.29. The lowest BCUT2D eigenvalue weighted by Crippen LogP contribution is -2.22. The van der Waals surface area contributed by atoms with E-state index in [0.29, 0.717) is 6.04 Å². The Bertz CT molecular complexity index is 569. The maximum Gasteiger partial charge on any atom is 0.123 e. The van der Waals surface area contributed by atoms with Crippen LogP contribution >= 0.6 is 11.3 Å². The van der Waals surface area contributed by atoms with Gasteiger partial charge < -0.3 is 5.32 Å². The quantitative estimate of drug-likeness (QED) is 0.841. The number of aryl methyl sites for hydroxylation is 3. The van der Waals surface area contributed by atoms with Gasteiger partial charge in [0, 0.05) is 15.8 Å². The van der Waals surface area contributed by atoms with Crippen LogP contribution in [0.5, 0.6) is 0 Å². The summed E-state index contributed by atoms with van der Waals surface area (Å²) in [7, 11) is 0. The number of likely N-dealkylation sites (N-methyl/N-ethyl adjacent to an activating group) is 1. The molecule has 3 heteroatoms. The minimum Gasteiger partial charge on any atom is -0.309 e. The molecule has 0 aliphatic carbocycles. The van der Waals surface area contributed by atoms with Crippen LogP contribution in [0, 0.1) is 26.6 Å². The molecule has 0 saturated heterocycles. The molecule has 0 spiro atoms. The summed E-state index contributed by atoms with van der Waals surface area (Å²) < 4.78 is 13.2. The van der Waals surface area contributed by atoms with Gasteiger partial charge in [-0.2, -0.15) is 0 Å². The molecule has 0 amide bonds. The molecule has 1 aromatic carbocycles. The molecule has 0 fully saturated rings. The minimum atomic E-state index is -0.158. The first kappa shape index (κ1) is 15.2. The third-order valence-corrected chi connectivity index (χ3v) is 4.97. The highest BCUT2D eigenvalue weighted by Gasteiger charge is 2.15. The van der Waals surface area contributed by atoms with Gasteiger partial charge in [0.05, 0.1) is 0 Å². The largest absolute Gasteiger partial charge is 0.309 e. The third-order valence-electron chi connectivity index (χ3n) is 3.71. The molecule has 1 unspecified atom stereocenters. The molecule has 2 rings (SSSR count). The molecule has 0 aliphatic rings. The van der Waals surface area contributed by atoms with Crippen molar-refractivity contribution < 1.29 is 4.39 Å². The number of hydrogen-bond donors (Lipinski definition) is 1. The molecule has 1 N–H and O–H groups in total. The van der Waals surface area contributed by atoms with E-state index in [1.807, 2.05) is 24.3 Å². The lowest BCUT2D eigenvalue weighted by molar-refractivity contribution is 0.555. The Morgan fingerprint density at radius 3 is 2.45 bits per heavy atom. The van der Waals surface area contributed by atoms with Crippen LogP contribution in [-0.4, -0.2) is 6.54 Å². The zero-order chi connectivity index (χ0) is 14.7. The summed E-state index contributed by atoms with van der Waals surface area (Å²) >= 11 is 1.85. The summed E-state index contributed by atoms with van der Waals surface area (Å²) in [6.07, 6.45) is 0.902. The van der Waals surface area contributed by atoms with Gasteiger partial charge in [0.1, 0.15) is 5.82 Å². The van der Waals surface area contributed by atoms with E-state index in [-0.39, 0.29) is 5.82 Å². The highest BCUT2D eigenvalue weighted by atomic mass is 32.1. The number of benzene rings is 1. The molecule has 0 saturated carbocycles. The first-order valence-corrected chi connectivity index (χ1v) is 7.88. The van der Waals surface area contributed by atoms with Crippen molar-refractivity contribution in [3.05, 3.63) is 56.5 Å². The molecule has 0 radical (unpaired) electrons. The van der Waals surface area contributed by atoms with Crippen LogP contribution in [0.25, 0.3) is 0 Å². The van der Waals surface area contributed by atoms with Gasteiger partial charge in [-0.25, -0.2) is 4.39 Å². The van der Waals surface area contributed by atoms with E-state index in [1.54, 1.807) is 12.1 Å². The Hall–Kier alpha value is -1.19. The topological polar surface area (TPSA) is 12.0 Å². The average molecular weight is 291 g/mol. The summed E-state index contributed by atoms with van der Waals surface area (Å²) in [5.41, 5.74) is 3.59. The molecule has 1 aromatic heterocycles. The molecule has 1 atom stereocenters. The normalized spacial score (nSPS) is 12.7. The molecule has 20 heavy (non-hydrogen) atoms. The highest BCUT2D eigenvalue weighted by molar-refractivity contribution is 7.12. The number of rotatable bonds is 5. The molecule has 2 aromatic rings.